The molecule has 0 aromatic rings. The molecule has 0 aliphatic heterocycles. The molecule has 0 aromatic heterocycles. The first-order valence-electron chi connectivity index (χ1n) is 9.15. The van der Waals surface area contributed by atoms with Crippen LogP contribution < -0.4 is 5.32 Å². The Balaban J connectivity index is 3.39. The van der Waals surface area contributed by atoms with E-state index < -0.39 is 6.04 Å². The lowest BCUT2D eigenvalue weighted by Crippen LogP contribution is -2.39. The Morgan fingerprint density at radius 2 is 1.57 bits per heavy atom. The van der Waals surface area contributed by atoms with Gasteiger partial charge in [-0.15, -0.1) is 0 Å². The Bertz CT molecular complexity index is 331. The molecule has 0 radical (unpaired) electrons. The van der Waals surface area contributed by atoms with Crippen LogP contribution >= 0.6 is 0 Å². The van der Waals surface area contributed by atoms with Crippen LogP contribution in [0, 0.1) is 0 Å². The zero-order valence-corrected chi connectivity index (χ0v) is 14.7. The topological polar surface area (TPSA) is 98.1 Å². The number of hydrogen-bond donors (Lipinski definition) is 2. The summed E-state index contributed by atoms with van der Waals surface area (Å²) in [5, 5.41) is 15.1. The normalized spacial score (nSPS) is 11.7. The molecule has 0 aliphatic rings. The summed E-state index contributed by atoms with van der Waals surface area (Å²) >= 11 is 0. The smallest absolute Gasteiger partial charge is 0.220 e. The fraction of sp³-hybridized carbons (Fsp3) is 0.941. The number of rotatable bonds is 16. The SMILES string of the molecule is CCCCCCCCCCCCCC(=O)N[C@@H](CO)CN=[N+]=[N-]. The molecule has 0 saturated carbocycles. The molecule has 0 saturated heterocycles. The first-order valence-corrected chi connectivity index (χ1v) is 9.15. The molecule has 2 N–H and O–H groups in total. The molecule has 0 fully saturated rings. The second-order valence-electron chi connectivity index (χ2n) is 6.15. The van der Waals surface area contributed by atoms with Crippen molar-refractivity contribution in [3.63, 3.8) is 0 Å². The summed E-state index contributed by atoms with van der Waals surface area (Å²) in [6, 6.07) is -0.467. The van der Waals surface area contributed by atoms with Gasteiger partial charge in [-0.1, -0.05) is 76.2 Å². The second-order valence-corrected chi connectivity index (χ2v) is 6.15. The molecule has 6 heteroatoms. The lowest BCUT2D eigenvalue weighted by molar-refractivity contribution is -0.122. The van der Waals surface area contributed by atoms with E-state index in [4.69, 9.17) is 10.6 Å². The van der Waals surface area contributed by atoms with Crippen LogP contribution in [0.4, 0.5) is 0 Å². The maximum absolute atomic E-state index is 11.7. The van der Waals surface area contributed by atoms with E-state index in [1.165, 1.54) is 57.8 Å². The molecule has 0 spiro atoms. The lowest BCUT2D eigenvalue weighted by Gasteiger charge is -2.13. The molecular formula is C17H34N4O2. The zero-order valence-electron chi connectivity index (χ0n) is 14.7. The Morgan fingerprint density at radius 1 is 1.04 bits per heavy atom. The summed E-state index contributed by atoms with van der Waals surface area (Å²) < 4.78 is 0. The highest BCUT2D eigenvalue weighted by Crippen LogP contribution is 2.11. The van der Waals surface area contributed by atoms with Crippen molar-refractivity contribution in [2.45, 2.75) is 90.0 Å². The van der Waals surface area contributed by atoms with Gasteiger partial charge in [-0.2, -0.15) is 0 Å². The number of nitrogens with zero attached hydrogens (tertiary/aromatic N) is 3. The van der Waals surface area contributed by atoms with Gasteiger partial charge in [-0.05, 0) is 12.0 Å². The van der Waals surface area contributed by atoms with Crippen LogP contribution in [-0.4, -0.2) is 30.2 Å². The average Bonchev–Trinajstić information content (AvgIpc) is 2.56. The van der Waals surface area contributed by atoms with Gasteiger partial charge in [0.05, 0.1) is 12.6 Å². The molecule has 0 aromatic carbocycles. The van der Waals surface area contributed by atoms with E-state index in [0.29, 0.717) is 6.42 Å². The van der Waals surface area contributed by atoms with Crippen molar-refractivity contribution >= 4 is 5.91 Å². The van der Waals surface area contributed by atoms with Crippen LogP contribution in [0.1, 0.15) is 84.0 Å². The molecule has 0 heterocycles. The molecular weight excluding hydrogens is 292 g/mol. The summed E-state index contributed by atoms with van der Waals surface area (Å²) in [5.74, 6) is -0.0758. The molecule has 134 valence electrons. The number of aliphatic hydroxyl groups is 1. The van der Waals surface area contributed by atoms with Gasteiger partial charge >= 0.3 is 0 Å². The average molecular weight is 326 g/mol. The molecule has 0 unspecified atom stereocenters. The molecule has 1 amide bonds. The van der Waals surface area contributed by atoms with E-state index in [9.17, 15) is 4.79 Å². The van der Waals surface area contributed by atoms with Gasteiger partial charge in [0.1, 0.15) is 0 Å². The molecule has 0 aliphatic carbocycles. The molecule has 0 rings (SSSR count). The van der Waals surface area contributed by atoms with E-state index >= 15 is 0 Å². The van der Waals surface area contributed by atoms with E-state index in [2.05, 4.69) is 22.3 Å². The quantitative estimate of drug-likeness (QED) is 0.189. The van der Waals surface area contributed by atoms with Crippen molar-refractivity contribution in [2.75, 3.05) is 13.2 Å². The van der Waals surface area contributed by atoms with Crippen molar-refractivity contribution in [1.29, 1.82) is 0 Å². The van der Waals surface area contributed by atoms with Crippen LogP contribution in [0.5, 0.6) is 0 Å². The van der Waals surface area contributed by atoms with Crippen molar-refractivity contribution in [2.24, 2.45) is 5.11 Å². The highest BCUT2D eigenvalue weighted by atomic mass is 16.3. The maximum Gasteiger partial charge on any atom is 0.220 e. The third kappa shape index (κ3) is 15.4. The molecule has 1 atom stereocenters. The maximum atomic E-state index is 11.7. The number of amides is 1. The van der Waals surface area contributed by atoms with Crippen molar-refractivity contribution in [3.05, 3.63) is 10.4 Å². The highest BCUT2D eigenvalue weighted by molar-refractivity contribution is 5.76. The highest BCUT2D eigenvalue weighted by Gasteiger charge is 2.09. The van der Waals surface area contributed by atoms with Gasteiger partial charge < -0.3 is 10.4 Å². The Hall–Kier alpha value is -1.26. The van der Waals surface area contributed by atoms with Gasteiger partial charge in [0.2, 0.25) is 5.91 Å². The number of nitrogens with one attached hydrogen (secondary N) is 1. The Kier molecular flexibility index (Phi) is 16.2. The number of azide groups is 1. The number of carbonyl (C=O) groups is 1. The zero-order chi connectivity index (χ0) is 17.2. The number of aliphatic hydroxyl groups excluding tert-OH is 1. The van der Waals surface area contributed by atoms with E-state index in [0.717, 1.165) is 12.8 Å². The second kappa shape index (κ2) is 17.1. The fourth-order valence-electron chi connectivity index (χ4n) is 2.53. The standard InChI is InChI=1S/C17H34N4O2/c1-2-3-4-5-6-7-8-9-10-11-12-13-17(23)20-16(15-22)14-19-21-18/h16,22H,2-15H2,1H3,(H,20,23)/t16-/m1/s1. The molecule has 23 heavy (non-hydrogen) atoms. The lowest BCUT2D eigenvalue weighted by atomic mass is 10.1. The monoisotopic (exact) mass is 326 g/mol. The minimum absolute atomic E-state index is 0.0758. The van der Waals surface area contributed by atoms with Crippen LogP contribution in [0.15, 0.2) is 5.11 Å². The minimum atomic E-state index is -0.467. The van der Waals surface area contributed by atoms with E-state index in [1.54, 1.807) is 0 Å². The van der Waals surface area contributed by atoms with Gasteiger partial charge in [0.15, 0.2) is 0 Å². The Labute approximate surface area is 140 Å². The first kappa shape index (κ1) is 21.7. The van der Waals surface area contributed by atoms with Gasteiger partial charge in [0, 0.05) is 17.9 Å². The van der Waals surface area contributed by atoms with Crippen molar-refractivity contribution in [1.82, 2.24) is 5.32 Å². The van der Waals surface area contributed by atoms with E-state index in [1.807, 2.05) is 0 Å². The fourth-order valence-corrected chi connectivity index (χ4v) is 2.53. The van der Waals surface area contributed by atoms with Crippen LogP contribution in [-0.2, 0) is 4.79 Å². The van der Waals surface area contributed by atoms with Crippen LogP contribution in [0.2, 0.25) is 0 Å². The van der Waals surface area contributed by atoms with Crippen molar-refractivity contribution in [3.8, 4) is 0 Å². The molecule has 6 nitrogen and oxygen atoms in total. The first-order chi connectivity index (χ1) is 11.2. The summed E-state index contributed by atoms with van der Waals surface area (Å²) in [6.45, 7) is 2.13. The summed E-state index contributed by atoms with van der Waals surface area (Å²) in [5.41, 5.74) is 8.22. The minimum Gasteiger partial charge on any atom is -0.394 e. The third-order valence-electron chi connectivity index (χ3n) is 3.96. The summed E-state index contributed by atoms with van der Waals surface area (Å²) in [4.78, 5) is 14.3. The largest absolute Gasteiger partial charge is 0.394 e. The third-order valence-corrected chi connectivity index (χ3v) is 3.96. The number of hydrogen-bond acceptors (Lipinski definition) is 3. The predicted octanol–water partition coefficient (Wildman–Crippen LogP) is 4.47. The Morgan fingerprint density at radius 3 is 2.04 bits per heavy atom. The van der Waals surface area contributed by atoms with Crippen molar-refractivity contribution < 1.29 is 9.90 Å². The molecule has 0 bridgehead atoms. The van der Waals surface area contributed by atoms with Gasteiger partial charge in [-0.3, -0.25) is 4.79 Å². The van der Waals surface area contributed by atoms with Crippen LogP contribution in [0.25, 0.3) is 10.4 Å². The van der Waals surface area contributed by atoms with Crippen LogP contribution in [0.3, 0.4) is 0 Å². The summed E-state index contributed by atoms with van der Waals surface area (Å²) in [6.07, 6.45) is 14.3. The van der Waals surface area contributed by atoms with Gasteiger partial charge in [-0.25, -0.2) is 0 Å². The van der Waals surface area contributed by atoms with Gasteiger partial charge in [0.25, 0.3) is 0 Å². The number of carbonyl (C=O) groups excluding carboxylic acids is 1. The predicted molar refractivity (Wildman–Crippen MR) is 94.1 cm³/mol. The summed E-state index contributed by atoms with van der Waals surface area (Å²) in [7, 11) is 0. The van der Waals surface area contributed by atoms with E-state index in [-0.39, 0.29) is 19.1 Å². The number of unbranched alkanes of at least 4 members (excludes halogenated alkanes) is 10.